The Morgan fingerprint density at radius 3 is 2.45 bits per heavy atom. The predicted molar refractivity (Wildman–Crippen MR) is 80.2 cm³/mol. The van der Waals surface area contributed by atoms with Gasteiger partial charge in [-0.05, 0) is 18.6 Å². The van der Waals surface area contributed by atoms with Crippen LogP contribution in [0, 0.1) is 0 Å². The average Bonchev–Trinajstić information content (AvgIpc) is 2.53. The zero-order valence-corrected chi connectivity index (χ0v) is 11.7. The molecule has 2 aromatic rings. The maximum Gasteiger partial charge on any atom is 0.164 e. The van der Waals surface area contributed by atoms with Gasteiger partial charge in [0.25, 0.3) is 0 Å². The summed E-state index contributed by atoms with van der Waals surface area (Å²) < 4.78 is 10.9. The van der Waals surface area contributed by atoms with E-state index in [4.69, 9.17) is 14.5 Å². The van der Waals surface area contributed by atoms with Gasteiger partial charge >= 0.3 is 0 Å². The molecule has 0 saturated heterocycles. The number of rotatable bonds is 3. The minimum Gasteiger partial charge on any atom is -0.493 e. The molecule has 0 saturated carbocycles. The summed E-state index contributed by atoms with van der Waals surface area (Å²) in [6.45, 7) is 0.779. The lowest BCUT2D eigenvalue weighted by atomic mass is 9.92. The van der Waals surface area contributed by atoms with Gasteiger partial charge in [0.15, 0.2) is 11.5 Å². The number of hydrogen-bond donors (Lipinski definition) is 0. The fourth-order valence-corrected chi connectivity index (χ4v) is 2.67. The third-order valence-electron chi connectivity index (χ3n) is 3.58. The number of hydrogen-bond acceptors (Lipinski definition) is 3. The van der Waals surface area contributed by atoms with Crippen molar-refractivity contribution in [3.05, 3.63) is 59.2 Å². The zero-order chi connectivity index (χ0) is 13.9. The Morgan fingerprint density at radius 2 is 1.75 bits per heavy atom. The van der Waals surface area contributed by atoms with Crippen LogP contribution in [0.2, 0.25) is 0 Å². The topological polar surface area (TPSA) is 30.8 Å². The van der Waals surface area contributed by atoms with E-state index in [0.29, 0.717) is 0 Å². The Morgan fingerprint density at radius 1 is 0.950 bits per heavy atom. The van der Waals surface area contributed by atoms with Crippen LogP contribution in [-0.4, -0.2) is 26.5 Å². The molecule has 0 aliphatic carbocycles. The van der Waals surface area contributed by atoms with E-state index in [2.05, 4.69) is 18.2 Å². The average molecular weight is 267 g/mol. The number of aliphatic imine (C=N–C) groups is 1. The molecule has 1 aliphatic heterocycles. The predicted octanol–water partition coefficient (Wildman–Crippen LogP) is 3.10. The van der Waals surface area contributed by atoms with E-state index in [1.165, 1.54) is 5.56 Å². The van der Waals surface area contributed by atoms with Gasteiger partial charge in [0.2, 0.25) is 0 Å². The normalized spacial score (nSPS) is 13.4. The van der Waals surface area contributed by atoms with Crippen LogP contribution in [-0.2, 0) is 6.42 Å². The Labute approximate surface area is 118 Å². The van der Waals surface area contributed by atoms with Crippen LogP contribution in [0.5, 0.6) is 11.5 Å². The quantitative estimate of drug-likeness (QED) is 0.855. The molecule has 0 radical (unpaired) electrons. The van der Waals surface area contributed by atoms with Gasteiger partial charge in [-0.15, -0.1) is 0 Å². The number of nitrogens with zero attached hydrogens (tertiary/aromatic N) is 1. The van der Waals surface area contributed by atoms with E-state index < -0.39 is 0 Å². The molecule has 0 fully saturated rings. The van der Waals surface area contributed by atoms with Crippen LogP contribution >= 0.6 is 0 Å². The van der Waals surface area contributed by atoms with Crippen molar-refractivity contribution in [2.24, 2.45) is 4.99 Å². The Balaban J connectivity index is 2.15. The minimum atomic E-state index is 0.778. The molecule has 102 valence electrons. The van der Waals surface area contributed by atoms with Crippen LogP contribution in [0.3, 0.4) is 0 Å². The molecule has 0 amide bonds. The molecule has 20 heavy (non-hydrogen) atoms. The van der Waals surface area contributed by atoms with Gasteiger partial charge in [-0.25, -0.2) is 0 Å². The van der Waals surface area contributed by atoms with Gasteiger partial charge in [0, 0.05) is 23.2 Å². The number of methoxy groups -OCH3 is 2. The molecule has 1 aliphatic rings. The van der Waals surface area contributed by atoms with E-state index in [1.807, 2.05) is 24.3 Å². The van der Waals surface area contributed by atoms with Gasteiger partial charge in [0.05, 0.1) is 19.9 Å². The standard InChI is InChI=1S/C17H17NO2/c1-19-15-9-8-13-14(17(15)20-2)10-11-18-16(13)12-6-4-3-5-7-12/h3-9H,10-11H2,1-2H3. The second-order valence-electron chi connectivity index (χ2n) is 4.67. The zero-order valence-electron chi connectivity index (χ0n) is 11.7. The molecule has 0 N–H and O–H groups in total. The molecular weight excluding hydrogens is 250 g/mol. The maximum absolute atomic E-state index is 5.54. The molecule has 0 unspecified atom stereocenters. The Kier molecular flexibility index (Phi) is 3.42. The number of ether oxygens (including phenoxy) is 2. The van der Waals surface area contributed by atoms with Crippen molar-refractivity contribution in [3.63, 3.8) is 0 Å². The molecular formula is C17H17NO2. The smallest absolute Gasteiger partial charge is 0.164 e. The molecule has 3 heteroatoms. The van der Waals surface area contributed by atoms with E-state index in [0.717, 1.165) is 41.3 Å². The van der Waals surface area contributed by atoms with Crippen molar-refractivity contribution in [1.29, 1.82) is 0 Å². The molecule has 0 spiro atoms. The second-order valence-corrected chi connectivity index (χ2v) is 4.67. The monoisotopic (exact) mass is 267 g/mol. The molecule has 0 aromatic heterocycles. The molecule has 3 nitrogen and oxygen atoms in total. The van der Waals surface area contributed by atoms with Crippen molar-refractivity contribution in [3.8, 4) is 11.5 Å². The van der Waals surface area contributed by atoms with Crippen LogP contribution in [0.25, 0.3) is 0 Å². The van der Waals surface area contributed by atoms with Crippen molar-refractivity contribution in [1.82, 2.24) is 0 Å². The van der Waals surface area contributed by atoms with Gasteiger partial charge in [-0.3, -0.25) is 4.99 Å². The lowest BCUT2D eigenvalue weighted by Gasteiger charge is -2.21. The highest BCUT2D eigenvalue weighted by molar-refractivity contribution is 6.14. The van der Waals surface area contributed by atoms with Crippen LogP contribution in [0.15, 0.2) is 47.5 Å². The van der Waals surface area contributed by atoms with Crippen LogP contribution < -0.4 is 9.47 Å². The van der Waals surface area contributed by atoms with E-state index >= 15 is 0 Å². The Hall–Kier alpha value is -2.29. The summed E-state index contributed by atoms with van der Waals surface area (Å²) in [4.78, 5) is 4.69. The molecule has 0 atom stereocenters. The number of benzene rings is 2. The fourth-order valence-electron chi connectivity index (χ4n) is 2.67. The third-order valence-corrected chi connectivity index (χ3v) is 3.58. The van der Waals surface area contributed by atoms with E-state index in [1.54, 1.807) is 14.2 Å². The SMILES string of the molecule is COc1ccc2c(c1OC)CCN=C2c1ccccc1. The highest BCUT2D eigenvalue weighted by Crippen LogP contribution is 2.36. The molecule has 1 heterocycles. The van der Waals surface area contributed by atoms with Crippen LogP contribution in [0.4, 0.5) is 0 Å². The summed E-state index contributed by atoms with van der Waals surface area (Å²) in [6.07, 6.45) is 0.881. The van der Waals surface area contributed by atoms with Crippen molar-refractivity contribution in [2.45, 2.75) is 6.42 Å². The summed E-state index contributed by atoms with van der Waals surface area (Å²) in [7, 11) is 3.35. The first-order valence-corrected chi connectivity index (χ1v) is 6.69. The van der Waals surface area contributed by atoms with Gasteiger partial charge < -0.3 is 9.47 Å². The first-order chi connectivity index (χ1) is 9.85. The first kappa shape index (κ1) is 12.7. The van der Waals surface area contributed by atoms with Crippen LogP contribution in [0.1, 0.15) is 16.7 Å². The van der Waals surface area contributed by atoms with E-state index in [9.17, 15) is 0 Å². The summed E-state index contributed by atoms with van der Waals surface area (Å²) in [6, 6.07) is 14.3. The van der Waals surface area contributed by atoms with Gasteiger partial charge in [0.1, 0.15) is 0 Å². The van der Waals surface area contributed by atoms with E-state index in [-0.39, 0.29) is 0 Å². The third kappa shape index (κ3) is 2.05. The molecule has 0 bridgehead atoms. The number of fused-ring (bicyclic) bond motifs is 1. The second kappa shape index (κ2) is 5.37. The van der Waals surface area contributed by atoms with Gasteiger partial charge in [-0.1, -0.05) is 30.3 Å². The Bertz CT molecular complexity index is 648. The van der Waals surface area contributed by atoms with Crippen molar-refractivity contribution < 1.29 is 9.47 Å². The summed E-state index contributed by atoms with van der Waals surface area (Å²) in [5, 5.41) is 0. The lowest BCUT2D eigenvalue weighted by Crippen LogP contribution is -2.15. The summed E-state index contributed by atoms with van der Waals surface area (Å²) in [5.41, 5.74) is 4.49. The highest BCUT2D eigenvalue weighted by Gasteiger charge is 2.21. The highest BCUT2D eigenvalue weighted by atomic mass is 16.5. The van der Waals surface area contributed by atoms with Crippen molar-refractivity contribution >= 4 is 5.71 Å². The largest absolute Gasteiger partial charge is 0.493 e. The molecule has 2 aromatic carbocycles. The fraction of sp³-hybridized carbons (Fsp3) is 0.235. The van der Waals surface area contributed by atoms with Gasteiger partial charge in [-0.2, -0.15) is 0 Å². The van der Waals surface area contributed by atoms with Crippen molar-refractivity contribution in [2.75, 3.05) is 20.8 Å². The first-order valence-electron chi connectivity index (χ1n) is 6.69. The minimum absolute atomic E-state index is 0.778. The molecule has 3 rings (SSSR count). The summed E-state index contributed by atoms with van der Waals surface area (Å²) >= 11 is 0. The summed E-state index contributed by atoms with van der Waals surface area (Å²) in [5.74, 6) is 1.61. The lowest BCUT2D eigenvalue weighted by molar-refractivity contribution is 0.351. The maximum atomic E-state index is 5.54.